The number of H-pyrrole nitrogens is 1. The number of piperidine rings is 1. The van der Waals surface area contributed by atoms with Gasteiger partial charge in [-0.25, -0.2) is 0 Å². The van der Waals surface area contributed by atoms with Crippen molar-refractivity contribution in [3.05, 3.63) is 46.9 Å². The van der Waals surface area contributed by atoms with Crippen LogP contribution in [0.3, 0.4) is 0 Å². The zero-order valence-corrected chi connectivity index (χ0v) is 17.2. The van der Waals surface area contributed by atoms with Crippen molar-refractivity contribution < 1.29 is 9.53 Å². The molecule has 2 aliphatic rings. The number of carbonyl (C=O) groups is 1. The number of methoxy groups -OCH3 is 1. The molecule has 0 atom stereocenters. The van der Waals surface area contributed by atoms with Crippen LogP contribution in [-0.4, -0.2) is 52.3 Å². The van der Waals surface area contributed by atoms with Crippen LogP contribution in [0.15, 0.2) is 24.3 Å². The number of hydrogen-bond acceptors (Lipinski definition) is 4. The van der Waals surface area contributed by atoms with Gasteiger partial charge in [0.05, 0.1) is 12.6 Å². The summed E-state index contributed by atoms with van der Waals surface area (Å²) in [7, 11) is 3.58. The summed E-state index contributed by atoms with van der Waals surface area (Å²) >= 11 is 0. The fourth-order valence-electron chi connectivity index (χ4n) is 4.88. The number of nitrogens with one attached hydrogen (secondary N) is 2. The molecule has 2 aliphatic heterocycles. The van der Waals surface area contributed by atoms with Crippen molar-refractivity contribution in [2.45, 2.75) is 31.7 Å². The average Bonchev–Trinajstić information content (AvgIpc) is 3.28. The van der Waals surface area contributed by atoms with Gasteiger partial charge in [0.1, 0.15) is 5.75 Å². The second kappa shape index (κ2) is 6.62. The highest BCUT2D eigenvalue weighted by atomic mass is 16.5. The van der Waals surface area contributed by atoms with Gasteiger partial charge in [0.15, 0.2) is 5.69 Å². The Morgan fingerprint density at radius 3 is 2.72 bits per heavy atom. The minimum absolute atomic E-state index is 0.0287. The van der Waals surface area contributed by atoms with Gasteiger partial charge in [0.2, 0.25) is 0 Å². The molecule has 1 saturated heterocycles. The van der Waals surface area contributed by atoms with Gasteiger partial charge in [-0.15, -0.1) is 0 Å². The lowest BCUT2D eigenvalue weighted by Gasteiger charge is -2.44. The lowest BCUT2D eigenvalue weighted by Crippen LogP contribution is -2.55. The molecule has 1 amide bonds. The number of hydrogen-bond donors (Lipinski definition) is 2. The molecule has 2 N–H and O–H groups in total. The molecule has 3 aromatic rings. The van der Waals surface area contributed by atoms with E-state index in [9.17, 15) is 4.79 Å². The smallest absolute Gasteiger partial charge is 0.274 e. The predicted molar refractivity (Wildman–Crippen MR) is 111 cm³/mol. The van der Waals surface area contributed by atoms with Crippen molar-refractivity contribution in [2.24, 2.45) is 7.05 Å². The molecule has 0 aliphatic carbocycles. The number of fused-ring (bicyclic) bond motifs is 4. The van der Waals surface area contributed by atoms with Crippen LogP contribution in [-0.2, 0) is 19.0 Å². The molecule has 5 rings (SSSR count). The summed E-state index contributed by atoms with van der Waals surface area (Å²) in [6, 6.07) is 8.10. The van der Waals surface area contributed by atoms with Gasteiger partial charge >= 0.3 is 0 Å². The van der Waals surface area contributed by atoms with Crippen LogP contribution in [0.4, 0.5) is 0 Å². The number of ether oxygens (including phenoxy) is 1. The van der Waals surface area contributed by atoms with Gasteiger partial charge in [-0.05, 0) is 56.0 Å². The van der Waals surface area contributed by atoms with E-state index in [-0.39, 0.29) is 11.4 Å². The average molecular weight is 393 g/mol. The number of benzene rings is 1. The van der Waals surface area contributed by atoms with Crippen molar-refractivity contribution in [3.63, 3.8) is 0 Å². The third-order valence-electron chi connectivity index (χ3n) is 6.67. The van der Waals surface area contributed by atoms with E-state index in [2.05, 4.69) is 27.5 Å². The Bertz CT molecular complexity index is 1070. The molecular formula is C22H27N5O2. The molecule has 29 heavy (non-hydrogen) atoms. The zero-order chi connectivity index (χ0) is 20.2. The van der Waals surface area contributed by atoms with E-state index in [1.165, 1.54) is 16.6 Å². The third kappa shape index (κ3) is 2.83. The van der Waals surface area contributed by atoms with E-state index in [0.29, 0.717) is 5.69 Å². The first kappa shape index (κ1) is 18.2. The summed E-state index contributed by atoms with van der Waals surface area (Å²) < 4.78 is 7.19. The van der Waals surface area contributed by atoms with Gasteiger partial charge in [-0.2, -0.15) is 5.10 Å². The molecule has 1 spiro atoms. The molecule has 7 nitrogen and oxygen atoms in total. The standard InChI is InChI=1S/C22H27N5O2/c1-14-12-19(25-26(14)2)21(28)27-10-7-22(8-11-27)20-16(6-9-23-22)17-13-15(29-3)4-5-18(17)24-20/h4-5,12-13,23-24H,6-11H2,1-3H3. The second-order valence-electron chi connectivity index (χ2n) is 8.24. The van der Waals surface area contributed by atoms with E-state index in [4.69, 9.17) is 4.74 Å². The highest BCUT2D eigenvalue weighted by molar-refractivity contribution is 5.92. The van der Waals surface area contributed by atoms with Gasteiger partial charge in [-0.1, -0.05) is 0 Å². The molecule has 2 aromatic heterocycles. The molecule has 0 saturated carbocycles. The maximum atomic E-state index is 12.9. The molecular weight excluding hydrogens is 366 g/mol. The SMILES string of the molecule is COc1ccc2[nH]c3c(c2c1)CCNC31CCN(C(=O)c2cc(C)n(C)n2)CC1. The number of nitrogens with zero attached hydrogens (tertiary/aromatic N) is 3. The lowest BCUT2D eigenvalue weighted by molar-refractivity contribution is 0.0620. The van der Waals surface area contributed by atoms with E-state index in [1.807, 2.05) is 31.0 Å². The Morgan fingerprint density at radius 1 is 1.24 bits per heavy atom. The van der Waals surface area contributed by atoms with Crippen molar-refractivity contribution in [2.75, 3.05) is 26.7 Å². The monoisotopic (exact) mass is 393 g/mol. The maximum Gasteiger partial charge on any atom is 0.274 e. The second-order valence-corrected chi connectivity index (χ2v) is 8.24. The van der Waals surface area contributed by atoms with Crippen LogP contribution >= 0.6 is 0 Å². The topological polar surface area (TPSA) is 75.2 Å². The van der Waals surface area contributed by atoms with Crippen molar-refractivity contribution in [3.8, 4) is 5.75 Å². The molecule has 0 bridgehead atoms. The summed E-state index contributed by atoms with van der Waals surface area (Å²) in [4.78, 5) is 18.5. The Morgan fingerprint density at radius 2 is 2.03 bits per heavy atom. The molecule has 152 valence electrons. The largest absolute Gasteiger partial charge is 0.497 e. The summed E-state index contributed by atoms with van der Waals surface area (Å²) in [6.45, 7) is 4.36. The van der Waals surface area contributed by atoms with Gasteiger partial charge in [-0.3, -0.25) is 9.48 Å². The van der Waals surface area contributed by atoms with Gasteiger partial charge in [0.25, 0.3) is 5.91 Å². The molecule has 7 heteroatoms. The number of aryl methyl sites for hydroxylation is 2. The van der Waals surface area contributed by atoms with Crippen LogP contribution < -0.4 is 10.1 Å². The fourth-order valence-corrected chi connectivity index (χ4v) is 4.88. The van der Waals surface area contributed by atoms with Gasteiger partial charge in [0, 0.05) is 49.0 Å². The van der Waals surface area contributed by atoms with Crippen molar-refractivity contribution in [1.82, 2.24) is 25.0 Å². The van der Waals surface area contributed by atoms with Crippen LogP contribution in [0.2, 0.25) is 0 Å². The maximum absolute atomic E-state index is 12.9. The Balaban J connectivity index is 1.42. The van der Waals surface area contributed by atoms with Crippen LogP contribution in [0.1, 0.15) is 40.3 Å². The predicted octanol–water partition coefficient (Wildman–Crippen LogP) is 2.50. The number of rotatable bonds is 2. The van der Waals surface area contributed by atoms with Crippen molar-refractivity contribution in [1.29, 1.82) is 0 Å². The Labute approximate surface area is 170 Å². The number of aromatic amines is 1. The van der Waals surface area contributed by atoms with E-state index in [1.54, 1.807) is 11.8 Å². The number of carbonyl (C=O) groups excluding carboxylic acids is 1. The minimum Gasteiger partial charge on any atom is -0.497 e. The van der Waals surface area contributed by atoms with Crippen LogP contribution in [0.5, 0.6) is 5.75 Å². The molecule has 4 heterocycles. The summed E-state index contributed by atoms with van der Waals surface area (Å²) in [5.74, 6) is 0.916. The summed E-state index contributed by atoms with van der Waals surface area (Å²) in [5.41, 5.74) is 5.26. The highest BCUT2D eigenvalue weighted by Crippen LogP contribution is 2.41. The molecule has 1 fully saturated rings. The fraction of sp³-hybridized carbons (Fsp3) is 0.455. The lowest BCUT2D eigenvalue weighted by atomic mass is 9.79. The number of amides is 1. The van der Waals surface area contributed by atoms with E-state index >= 15 is 0 Å². The zero-order valence-electron chi connectivity index (χ0n) is 17.2. The first-order valence-electron chi connectivity index (χ1n) is 10.2. The molecule has 1 aromatic carbocycles. The normalized spacial score (nSPS) is 18.2. The van der Waals surface area contributed by atoms with Crippen LogP contribution in [0, 0.1) is 6.92 Å². The molecule has 0 radical (unpaired) electrons. The summed E-state index contributed by atoms with van der Waals surface area (Å²) in [6.07, 6.45) is 2.78. The Hall–Kier alpha value is -2.80. The van der Waals surface area contributed by atoms with Gasteiger partial charge < -0.3 is 19.9 Å². The Kier molecular flexibility index (Phi) is 4.17. The first-order valence-corrected chi connectivity index (χ1v) is 10.2. The minimum atomic E-state index is -0.101. The summed E-state index contributed by atoms with van der Waals surface area (Å²) in [5, 5.41) is 9.39. The van der Waals surface area contributed by atoms with E-state index < -0.39 is 0 Å². The number of aromatic nitrogens is 3. The van der Waals surface area contributed by atoms with Crippen LogP contribution in [0.25, 0.3) is 10.9 Å². The first-order chi connectivity index (χ1) is 14.0. The molecule has 0 unspecified atom stereocenters. The van der Waals surface area contributed by atoms with Crippen molar-refractivity contribution >= 4 is 16.8 Å². The third-order valence-corrected chi connectivity index (χ3v) is 6.67. The highest BCUT2D eigenvalue weighted by Gasteiger charge is 2.42. The van der Waals surface area contributed by atoms with E-state index in [0.717, 1.165) is 55.9 Å². The number of likely N-dealkylation sites (tertiary alicyclic amines) is 1. The quantitative estimate of drug-likeness (QED) is 0.702.